The van der Waals surface area contributed by atoms with E-state index in [0.717, 1.165) is 6.42 Å². The molecule has 1 N–H and O–H groups in total. The number of rotatable bonds is 3. The van der Waals surface area contributed by atoms with Gasteiger partial charge in [-0.25, -0.2) is 0 Å². The predicted octanol–water partition coefficient (Wildman–Crippen LogP) is 1.64. The Morgan fingerprint density at radius 1 is 1.58 bits per heavy atom. The van der Waals surface area contributed by atoms with Gasteiger partial charge in [-0.05, 0) is 18.9 Å². The van der Waals surface area contributed by atoms with Crippen molar-refractivity contribution in [3.05, 3.63) is 11.8 Å². The van der Waals surface area contributed by atoms with Crippen LogP contribution in [0.4, 0.5) is 0 Å². The average Bonchev–Trinajstić information content (AvgIpc) is 2.67. The summed E-state index contributed by atoms with van der Waals surface area (Å²) in [6, 6.07) is 0.0150. The summed E-state index contributed by atoms with van der Waals surface area (Å²) in [6.07, 6.45) is 4.15. The molecule has 2 aliphatic heterocycles. The van der Waals surface area contributed by atoms with Gasteiger partial charge in [0.25, 0.3) is 0 Å². The molecule has 5 nitrogen and oxygen atoms in total. The normalized spacial score (nSPS) is 28.4. The van der Waals surface area contributed by atoms with Crippen LogP contribution >= 0.6 is 0 Å². The predicted molar refractivity (Wildman–Crippen MR) is 69.4 cm³/mol. The number of carbonyl (C=O) groups excluding carboxylic acids is 2. The third-order valence-corrected chi connectivity index (χ3v) is 4.22. The van der Waals surface area contributed by atoms with Gasteiger partial charge in [-0.15, -0.1) is 0 Å². The molecule has 5 heteroatoms. The van der Waals surface area contributed by atoms with Gasteiger partial charge in [0.05, 0.1) is 18.8 Å². The Morgan fingerprint density at radius 3 is 2.95 bits per heavy atom. The van der Waals surface area contributed by atoms with Gasteiger partial charge in [0.2, 0.25) is 5.91 Å². The first kappa shape index (κ1) is 13.9. The van der Waals surface area contributed by atoms with Crippen LogP contribution < -0.4 is 0 Å². The van der Waals surface area contributed by atoms with Crippen molar-refractivity contribution >= 4 is 11.9 Å². The zero-order valence-electron chi connectivity index (χ0n) is 11.5. The van der Waals surface area contributed by atoms with E-state index in [2.05, 4.69) is 0 Å². The highest BCUT2D eigenvalue weighted by atomic mass is 16.5. The summed E-state index contributed by atoms with van der Waals surface area (Å²) in [5.41, 5.74) is 0. The minimum absolute atomic E-state index is 0.0150. The monoisotopic (exact) mass is 267 g/mol. The molecule has 0 aromatic heterocycles. The molecule has 2 rings (SSSR count). The molecule has 2 aliphatic rings. The number of carbonyl (C=O) groups is 2. The molecule has 106 valence electrons. The molecule has 0 unspecified atom stereocenters. The number of aliphatic hydroxyl groups excluding tert-OH is 1. The summed E-state index contributed by atoms with van der Waals surface area (Å²) in [5.74, 6) is -0.319. The zero-order chi connectivity index (χ0) is 14.0. The quantitative estimate of drug-likeness (QED) is 0.789. The smallest absolute Gasteiger partial charge is 0.309 e. The molecule has 0 saturated carbocycles. The maximum absolute atomic E-state index is 11.9. The van der Waals surface area contributed by atoms with Crippen LogP contribution in [0.25, 0.3) is 0 Å². The summed E-state index contributed by atoms with van der Waals surface area (Å²) < 4.78 is 4.85. The summed E-state index contributed by atoms with van der Waals surface area (Å²) in [7, 11) is 1.38. The van der Waals surface area contributed by atoms with Crippen LogP contribution in [0.15, 0.2) is 11.8 Å². The van der Waals surface area contributed by atoms with Crippen molar-refractivity contribution in [3.63, 3.8) is 0 Å². The lowest BCUT2D eigenvalue weighted by Crippen LogP contribution is -2.41. The number of nitrogens with zero attached hydrogens (tertiary/aromatic N) is 1. The Balaban J connectivity index is 2.30. The number of esters is 1. The molecule has 0 aromatic carbocycles. The van der Waals surface area contributed by atoms with Crippen LogP contribution in [0.5, 0.6) is 0 Å². The van der Waals surface area contributed by atoms with E-state index in [9.17, 15) is 14.7 Å². The minimum Gasteiger partial charge on any atom is -0.513 e. The number of methoxy groups -OCH3 is 1. The second-order valence-corrected chi connectivity index (χ2v) is 5.22. The second-order valence-electron chi connectivity index (χ2n) is 5.22. The van der Waals surface area contributed by atoms with Gasteiger partial charge in [0, 0.05) is 31.3 Å². The van der Waals surface area contributed by atoms with Gasteiger partial charge >= 0.3 is 5.97 Å². The van der Waals surface area contributed by atoms with Crippen molar-refractivity contribution in [3.8, 4) is 0 Å². The Kier molecular flexibility index (Phi) is 4.12. The maximum Gasteiger partial charge on any atom is 0.309 e. The van der Waals surface area contributed by atoms with Crippen molar-refractivity contribution in [1.82, 2.24) is 4.90 Å². The van der Waals surface area contributed by atoms with E-state index in [-0.39, 0.29) is 35.5 Å². The highest BCUT2D eigenvalue weighted by Crippen LogP contribution is 2.35. The number of fused-ring (bicyclic) bond motifs is 1. The number of aliphatic hydroxyl groups is 1. The van der Waals surface area contributed by atoms with Crippen LogP contribution in [0, 0.1) is 11.8 Å². The van der Waals surface area contributed by atoms with E-state index < -0.39 is 0 Å². The second kappa shape index (κ2) is 5.63. The lowest BCUT2D eigenvalue weighted by molar-refractivity contribution is -0.148. The summed E-state index contributed by atoms with van der Waals surface area (Å²) in [5, 5.41) is 9.87. The van der Waals surface area contributed by atoms with Gasteiger partial charge in [-0.2, -0.15) is 0 Å². The Labute approximate surface area is 113 Å². The standard InChI is InChI=1S/C14H21NO4/c1-3-10(14(18)19-2)11-8-9(16)6-7-15-12(11)4-5-13(15)17/h8,10-12,16H,3-7H2,1-2H3/t10-,11+,12-/m0/s1. The van der Waals surface area contributed by atoms with Crippen LogP contribution in [-0.2, 0) is 14.3 Å². The zero-order valence-corrected chi connectivity index (χ0v) is 11.5. The van der Waals surface area contributed by atoms with Crippen molar-refractivity contribution < 1.29 is 19.4 Å². The van der Waals surface area contributed by atoms with Gasteiger partial charge in [0.1, 0.15) is 0 Å². The molecule has 0 spiro atoms. The molecule has 1 saturated heterocycles. The van der Waals surface area contributed by atoms with Crippen LogP contribution in [-0.4, -0.2) is 41.6 Å². The first-order chi connectivity index (χ1) is 9.08. The number of amides is 1. The largest absolute Gasteiger partial charge is 0.513 e. The van der Waals surface area contributed by atoms with E-state index >= 15 is 0 Å². The molecule has 0 aliphatic carbocycles. The fourth-order valence-corrected chi connectivity index (χ4v) is 3.23. The third-order valence-electron chi connectivity index (χ3n) is 4.22. The van der Waals surface area contributed by atoms with Gasteiger partial charge in [-0.3, -0.25) is 9.59 Å². The highest BCUT2D eigenvalue weighted by molar-refractivity contribution is 5.79. The Bertz CT molecular complexity index is 404. The maximum atomic E-state index is 11.9. The molecule has 0 radical (unpaired) electrons. The van der Waals surface area contributed by atoms with Crippen molar-refractivity contribution in [2.24, 2.45) is 11.8 Å². The summed E-state index contributed by atoms with van der Waals surface area (Å²) in [6.45, 7) is 2.47. The SMILES string of the molecule is CC[C@H](C(=O)OC)[C@H]1C=C(O)CCN2C(=O)CC[C@@H]12. The topological polar surface area (TPSA) is 66.8 Å². The van der Waals surface area contributed by atoms with Gasteiger partial charge in [-0.1, -0.05) is 6.92 Å². The van der Waals surface area contributed by atoms with Crippen molar-refractivity contribution in [2.75, 3.05) is 13.7 Å². The first-order valence-electron chi connectivity index (χ1n) is 6.85. The van der Waals surface area contributed by atoms with Crippen molar-refractivity contribution in [1.29, 1.82) is 0 Å². The molecule has 2 heterocycles. The molecular weight excluding hydrogens is 246 g/mol. The molecule has 1 amide bonds. The van der Waals surface area contributed by atoms with E-state index in [0.29, 0.717) is 25.8 Å². The molecule has 19 heavy (non-hydrogen) atoms. The molecule has 0 bridgehead atoms. The number of hydrogen-bond donors (Lipinski definition) is 1. The van der Waals surface area contributed by atoms with Gasteiger partial charge < -0.3 is 14.7 Å². The van der Waals surface area contributed by atoms with E-state index in [1.54, 1.807) is 6.08 Å². The van der Waals surface area contributed by atoms with E-state index in [1.807, 2.05) is 11.8 Å². The first-order valence-corrected chi connectivity index (χ1v) is 6.85. The molecule has 0 aromatic rings. The third kappa shape index (κ3) is 2.60. The van der Waals surface area contributed by atoms with Crippen LogP contribution in [0.1, 0.15) is 32.6 Å². The lowest BCUT2D eigenvalue weighted by atomic mass is 9.83. The lowest BCUT2D eigenvalue weighted by Gasteiger charge is -2.31. The Morgan fingerprint density at radius 2 is 2.32 bits per heavy atom. The number of ether oxygens (including phenoxy) is 1. The molecular formula is C14H21NO4. The fourth-order valence-electron chi connectivity index (χ4n) is 3.23. The molecule has 1 fully saturated rings. The summed E-state index contributed by atoms with van der Waals surface area (Å²) >= 11 is 0. The van der Waals surface area contributed by atoms with Crippen molar-refractivity contribution in [2.45, 2.75) is 38.6 Å². The van der Waals surface area contributed by atoms with Crippen LogP contribution in [0.3, 0.4) is 0 Å². The van der Waals surface area contributed by atoms with E-state index in [4.69, 9.17) is 4.74 Å². The average molecular weight is 267 g/mol. The molecule has 3 atom stereocenters. The van der Waals surface area contributed by atoms with Gasteiger partial charge in [0.15, 0.2) is 0 Å². The highest BCUT2D eigenvalue weighted by Gasteiger charge is 2.42. The number of hydrogen-bond acceptors (Lipinski definition) is 4. The Hall–Kier alpha value is -1.52. The fraction of sp³-hybridized carbons (Fsp3) is 0.714. The minimum atomic E-state index is -0.302. The summed E-state index contributed by atoms with van der Waals surface area (Å²) in [4.78, 5) is 25.6. The van der Waals surface area contributed by atoms with Crippen LogP contribution in [0.2, 0.25) is 0 Å². The van der Waals surface area contributed by atoms with E-state index in [1.165, 1.54) is 7.11 Å².